The third-order valence-corrected chi connectivity index (χ3v) is 6.23. The lowest BCUT2D eigenvalue weighted by molar-refractivity contribution is -0.139. The molecule has 10 nitrogen and oxygen atoms in total. The molecule has 37 heavy (non-hydrogen) atoms. The van der Waals surface area contributed by atoms with E-state index in [9.17, 15) is 22.4 Å². The summed E-state index contributed by atoms with van der Waals surface area (Å²) < 4.78 is 61.5. The van der Waals surface area contributed by atoms with Crippen molar-refractivity contribution in [2.75, 3.05) is 25.5 Å². The standard InChI is InChI=1S/C23H24F4N8O2/c1-34-6-5-17(15(24)11-34)31-16-3-2-4-18-14(16)7-19(35(18)12-23(25,26)27)21-32-20(37-33-21)10-28-22(36)13-8-29-30-9-13/h2-4,7-9,15,17,31H,5-6,10-12H2,1H3,(H,28,36)(H,29,30)/t15-,17+/m0/s1. The molecule has 0 spiro atoms. The Balaban J connectivity index is 1.45. The molecule has 0 radical (unpaired) electrons. The van der Waals surface area contributed by atoms with Crippen molar-refractivity contribution in [2.45, 2.75) is 37.9 Å². The predicted molar refractivity (Wildman–Crippen MR) is 125 cm³/mol. The summed E-state index contributed by atoms with van der Waals surface area (Å²) in [6.45, 7) is -0.429. The van der Waals surface area contributed by atoms with E-state index >= 15 is 0 Å². The molecule has 4 aromatic rings. The van der Waals surface area contributed by atoms with Crippen LogP contribution in [0, 0.1) is 0 Å². The molecule has 196 valence electrons. The third-order valence-electron chi connectivity index (χ3n) is 6.23. The number of rotatable bonds is 7. The van der Waals surface area contributed by atoms with Crippen molar-refractivity contribution < 1.29 is 26.9 Å². The van der Waals surface area contributed by atoms with Gasteiger partial charge in [-0.1, -0.05) is 11.2 Å². The number of nitrogens with zero attached hydrogens (tertiary/aromatic N) is 5. The zero-order valence-corrected chi connectivity index (χ0v) is 19.7. The number of hydrogen-bond acceptors (Lipinski definition) is 7. The van der Waals surface area contributed by atoms with Crippen LogP contribution in [-0.2, 0) is 13.1 Å². The number of carbonyl (C=O) groups is 1. The monoisotopic (exact) mass is 520 g/mol. The first-order chi connectivity index (χ1) is 17.7. The van der Waals surface area contributed by atoms with Gasteiger partial charge in [0.25, 0.3) is 5.91 Å². The number of nitrogens with one attached hydrogen (secondary N) is 3. The lowest BCUT2D eigenvalue weighted by Gasteiger charge is -2.33. The van der Waals surface area contributed by atoms with E-state index in [1.54, 1.807) is 18.2 Å². The van der Waals surface area contributed by atoms with E-state index in [1.165, 1.54) is 18.5 Å². The molecule has 1 saturated heterocycles. The number of alkyl halides is 4. The normalized spacial score (nSPS) is 18.8. The van der Waals surface area contributed by atoms with Crippen molar-refractivity contribution in [3.63, 3.8) is 0 Å². The van der Waals surface area contributed by atoms with Gasteiger partial charge in [0.15, 0.2) is 0 Å². The largest absolute Gasteiger partial charge is 0.406 e. The first kappa shape index (κ1) is 24.7. The second kappa shape index (κ2) is 9.84. The summed E-state index contributed by atoms with van der Waals surface area (Å²) in [6.07, 6.45) is -2.34. The van der Waals surface area contributed by atoms with Gasteiger partial charge in [-0.05, 0) is 31.7 Å². The fourth-order valence-corrected chi connectivity index (χ4v) is 4.43. The molecule has 1 fully saturated rings. The van der Waals surface area contributed by atoms with Crippen LogP contribution in [0.5, 0.6) is 0 Å². The summed E-state index contributed by atoms with van der Waals surface area (Å²) >= 11 is 0. The fraction of sp³-hybridized carbons (Fsp3) is 0.391. The Hall–Kier alpha value is -3.94. The molecule has 14 heteroatoms. The molecule has 1 aromatic carbocycles. The zero-order chi connectivity index (χ0) is 26.2. The maximum Gasteiger partial charge on any atom is 0.406 e. The smallest absolute Gasteiger partial charge is 0.379 e. The molecule has 0 unspecified atom stereocenters. The van der Waals surface area contributed by atoms with Gasteiger partial charge >= 0.3 is 6.18 Å². The van der Waals surface area contributed by atoms with Crippen LogP contribution < -0.4 is 10.6 Å². The molecular weight excluding hydrogens is 496 g/mol. The van der Waals surface area contributed by atoms with E-state index in [-0.39, 0.29) is 30.5 Å². The van der Waals surface area contributed by atoms with Gasteiger partial charge in [-0.15, -0.1) is 0 Å². The summed E-state index contributed by atoms with van der Waals surface area (Å²) in [7, 11) is 1.84. The molecule has 1 amide bonds. The van der Waals surface area contributed by atoms with Crippen molar-refractivity contribution in [3.8, 4) is 11.5 Å². The Morgan fingerprint density at radius 1 is 1.32 bits per heavy atom. The maximum atomic E-state index is 14.7. The van der Waals surface area contributed by atoms with Crippen molar-refractivity contribution in [3.05, 3.63) is 48.1 Å². The molecule has 5 rings (SSSR count). The van der Waals surface area contributed by atoms with Crippen LogP contribution in [0.1, 0.15) is 22.7 Å². The Morgan fingerprint density at radius 2 is 2.16 bits per heavy atom. The van der Waals surface area contributed by atoms with Gasteiger partial charge in [-0.2, -0.15) is 23.3 Å². The summed E-state index contributed by atoms with van der Waals surface area (Å²) in [6, 6.07) is 5.96. The Kier molecular flexibility index (Phi) is 6.58. The van der Waals surface area contributed by atoms with Crippen molar-refractivity contribution in [2.24, 2.45) is 0 Å². The lowest BCUT2D eigenvalue weighted by atomic mass is 10.0. The van der Waals surface area contributed by atoms with E-state index in [0.717, 1.165) is 4.57 Å². The number of aromatic nitrogens is 5. The Labute approximate surface area is 208 Å². The van der Waals surface area contributed by atoms with Gasteiger partial charge in [-0.3, -0.25) is 9.89 Å². The summed E-state index contributed by atoms with van der Waals surface area (Å²) in [5, 5.41) is 16.3. The number of carbonyl (C=O) groups excluding carboxylic acids is 1. The molecule has 1 aliphatic rings. The average molecular weight is 520 g/mol. The van der Waals surface area contributed by atoms with Crippen LogP contribution in [0.25, 0.3) is 22.4 Å². The van der Waals surface area contributed by atoms with Gasteiger partial charge in [0.05, 0.1) is 35.6 Å². The number of aromatic amines is 1. The minimum atomic E-state index is -4.52. The van der Waals surface area contributed by atoms with Gasteiger partial charge in [0.1, 0.15) is 12.7 Å². The molecule has 0 aliphatic carbocycles. The van der Waals surface area contributed by atoms with E-state index < -0.39 is 30.8 Å². The predicted octanol–water partition coefficient (Wildman–Crippen LogP) is 3.36. The summed E-state index contributed by atoms with van der Waals surface area (Å²) in [5.41, 5.74) is 1.19. The van der Waals surface area contributed by atoms with Crippen LogP contribution in [0.4, 0.5) is 23.2 Å². The third kappa shape index (κ3) is 5.43. The highest BCUT2D eigenvalue weighted by Crippen LogP contribution is 2.35. The van der Waals surface area contributed by atoms with E-state index in [4.69, 9.17) is 4.52 Å². The highest BCUT2D eigenvalue weighted by molar-refractivity contribution is 5.96. The second-order valence-corrected chi connectivity index (χ2v) is 8.97. The summed E-state index contributed by atoms with van der Waals surface area (Å²) in [4.78, 5) is 18.2. The maximum absolute atomic E-state index is 14.7. The zero-order valence-electron chi connectivity index (χ0n) is 19.7. The number of anilines is 1. The number of halogens is 4. The molecule has 4 heterocycles. The Morgan fingerprint density at radius 3 is 2.89 bits per heavy atom. The van der Waals surface area contributed by atoms with Gasteiger partial charge in [0, 0.05) is 30.4 Å². The minimum Gasteiger partial charge on any atom is -0.379 e. The molecule has 2 atom stereocenters. The number of H-pyrrole nitrogens is 1. The average Bonchev–Trinajstić information content (AvgIpc) is 3.59. The molecule has 0 bridgehead atoms. The van der Waals surface area contributed by atoms with Crippen LogP contribution in [0.3, 0.4) is 0 Å². The first-order valence-electron chi connectivity index (χ1n) is 11.6. The van der Waals surface area contributed by atoms with E-state index in [1.807, 2.05) is 11.9 Å². The highest BCUT2D eigenvalue weighted by Gasteiger charge is 2.32. The number of fused-ring (bicyclic) bond motifs is 1. The molecule has 3 N–H and O–H groups in total. The topological polar surface area (TPSA) is 117 Å². The van der Waals surface area contributed by atoms with Crippen LogP contribution in [0.2, 0.25) is 0 Å². The molecular formula is C23H24F4N8O2. The summed E-state index contributed by atoms with van der Waals surface area (Å²) in [5.74, 6) is -0.488. The number of likely N-dealkylation sites (tertiary alicyclic amines) is 1. The number of hydrogen-bond donors (Lipinski definition) is 3. The quantitative estimate of drug-likeness (QED) is 0.320. The lowest BCUT2D eigenvalue weighted by Crippen LogP contribution is -2.46. The fourth-order valence-electron chi connectivity index (χ4n) is 4.43. The number of amides is 1. The molecule has 1 aliphatic heterocycles. The van der Waals surface area contributed by atoms with Crippen molar-refractivity contribution in [1.82, 2.24) is 35.1 Å². The SMILES string of the molecule is CN1CC[C@@H](Nc2cccc3c2cc(-c2noc(CNC(=O)c4cn[nH]c4)n2)n3CC(F)(F)F)[C@@H](F)C1. The van der Waals surface area contributed by atoms with E-state index in [0.29, 0.717) is 35.1 Å². The molecule has 3 aromatic heterocycles. The molecule has 0 saturated carbocycles. The first-order valence-corrected chi connectivity index (χ1v) is 11.6. The Bertz CT molecular complexity index is 1380. The van der Waals surface area contributed by atoms with Gasteiger partial charge in [-0.25, -0.2) is 4.39 Å². The minimum absolute atomic E-state index is 0.0144. The number of piperidine rings is 1. The van der Waals surface area contributed by atoms with Crippen molar-refractivity contribution in [1.29, 1.82) is 0 Å². The van der Waals surface area contributed by atoms with Crippen molar-refractivity contribution >= 4 is 22.5 Å². The second-order valence-electron chi connectivity index (χ2n) is 8.97. The van der Waals surface area contributed by atoms with Crippen LogP contribution >= 0.6 is 0 Å². The highest BCUT2D eigenvalue weighted by atomic mass is 19.4. The van der Waals surface area contributed by atoms with Crippen LogP contribution in [-0.4, -0.2) is 74.2 Å². The van der Waals surface area contributed by atoms with Crippen LogP contribution in [0.15, 0.2) is 41.2 Å². The van der Waals surface area contributed by atoms with Gasteiger partial charge < -0.3 is 24.6 Å². The van der Waals surface area contributed by atoms with E-state index in [2.05, 4.69) is 31.0 Å². The number of benzene rings is 1. The van der Waals surface area contributed by atoms with Gasteiger partial charge in [0.2, 0.25) is 11.7 Å².